The van der Waals surface area contributed by atoms with Crippen molar-refractivity contribution in [2.75, 3.05) is 13.1 Å². The topological polar surface area (TPSA) is 71.5 Å². The molecule has 0 amide bonds. The molecule has 0 spiro atoms. The summed E-state index contributed by atoms with van der Waals surface area (Å²) >= 11 is 0. The largest absolute Gasteiger partial charge is 0.439 e. The lowest BCUT2D eigenvalue weighted by Gasteiger charge is -2.29. The Morgan fingerprint density at radius 3 is 2.64 bits per heavy atom. The van der Waals surface area contributed by atoms with Crippen LogP contribution in [0.4, 0.5) is 0 Å². The number of aromatic nitrogens is 1. The number of hydrogen-bond acceptors (Lipinski definition) is 4. The first kappa shape index (κ1) is 17.8. The zero-order chi connectivity index (χ0) is 17.7. The van der Waals surface area contributed by atoms with E-state index >= 15 is 0 Å². The highest BCUT2D eigenvalue weighted by Gasteiger charge is 2.25. The molecule has 25 heavy (non-hydrogen) atoms. The molecule has 1 N–H and O–H groups in total. The SMILES string of the molecule is CC1CCN(S(=O)(=O)NCc2ccnc(Oc3ccccc3)c2)CC1. The van der Waals surface area contributed by atoms with Gasteiger partial charge in [0.25, 0.3) is 10.2 Å². The van der Waals surface area contributed by atoms with Gasteiger partial charge in [-0.2, -0.15) is 17.4 Å². The van der Waals surface area contributed by atoms with Gasteiger partial charge < -0.3 is 4.74 Å². The van der Waals surface area contributed by atoms with E-state index in [0.717, 1.165) is 18.4 Å². The molecule has 2 aromatic rings. The number of benzene rings is 1. The van der Waals surface area contributed by atoms with E-state index in [1.807, 2.05) is 30.3 Å². The van der Waals surface area contributed by atoms with Crippen molar-refractivity contribution in [3.05, 3.63) is 54.2 Å². The smallest absolute Gasteiger partial charge is 0.279 e. The molecule has 1 aromatic heterocycles. The fourth-order valence-corrected chi connectivity index (χ4v) is 3.94. The molecule has 1 aromatic carbocycles. The summed E-state index contributed by atoms with van der Waals surface area (Å²) in [6.45, 7) is 3.52. The third kappa shape index (κ3) is 5.01. The lowest BCUT2D eigenvalue weighted by molar-refractivity contribution is 0.285. The quantitative estimate of drug-likeness (QED) is 0.859. The molecule has 1 fully saturated rings. The number of pyridine rings is 1. The molecule has 1 aliphatic rings. The Labute approximate surface area is 149 Å². The molecule has 0 aliphatic carbocycles. The van der Waals surface area contributed by atoms with Crippen LogP contribution in [0, 0.1) is 5.92 Å². The van der Waals surface area contributed by atoms with Gasteiger partial charge in [0.2, 0.25) is 5.88 Å². The lowest BCUT2D eigenvalue weighted by atomic mass is 10.0. The molecule has 0 radical (unpaired) electrons. The maximum absolute atomic E-state index is 12.4. The standard InChI is InChI=1S/C18H23N3O3S/c1-15-8-11-21(12-9-15)25(22,23)20-14-16-7-10-19-18(13-16)24-17-5-3-2-4-6-17/h2-7,10,13,15,20H,8-9,11-12,14H2,1H3. The van der Waals surface area contributed by atoms with Gasteiger partial charge in [-0.15, -0.1) is 0 Å². The highest BCUT2D eigenvalue weighted by molar-refractivity contribution is 7.87. The molecule has 0 atom stereocenters. The minimum absolute atomic E-state index is 0.210. The van der Waals surface area contributed by atoms with Crippen LogP contribution in [-0.2, 0) is 16.8 Å². The van der Waals surface area contributed by atoms with Crippen molar-refractivity contribution in [2.24, 2.45) is 5.92 Å². The zero-order valence-corrected chi connectivity index (χ0v) is 15.1. The van der Waals surface area contributed by atoms with Crippen LogP contribution in [0.2, 0.25) is 0 Å². The van der Waals surface area contributed by atoms with E-state index in [9.17, 15) is 8.42 Å². The van der Waals surface area contributed by atoms with Gasteiger partial charge >= 0.3 is 0 Å². The van der Waals surface area contributed by atoms with E-state index < -0.39 is 10.2 Å². The first-order valence-electron chi connectivity index (χ1n) is 8.45. The van der Waals surface area contributed by atoms with Crippen LogP contribution in [0.5, 0.6) is 11.6 Å². The Hall–Kier alpha value is -1.96. The van der Waals surface area contributed by atoms with E-state index in [-0.39, 0.29) is 6.54 Å². The second kappa shape index (κ2) is 7.95. The number of ether oxygens (including phenoxy) is 1. The van der Waals surface area contributed by atoms with Crippen molar-refractivity contribution < 1.29 is 13.2 Å². The Balaban J connectivity index is 1.60. The van der Waals surface area contributed by atoms with Gasteiger partial charge in [0.15, 0.2) is 0 Å². The highest BCUT2D eigenvalue weighted by atomic mass is 32.2. The summed E-state index contributed by atoms with van der Waals surface area (Å²) in [4.78, 5) is 4.17. The van der Waals surface area contributed by atoms with E-state index in [1.54, 1.807) is 18.3 Å². The average Bonchev–Trinajstić information content (AvgIpc) is 2.62. The molecule has 6 nitrogen and oxygen atoms in total. The summed E-state index contributed by atoms with van der Waals surface area (Å²) in [5.74, 6) is 1.72. The second-order valence-electron chi connectivity index (χ2n) is 6.33. The zero-order valence-electron chi connectivity index (χ0n) is 14.3. The average molecular weight is 361 g/mol. The van der Waals surface area contributed by atoms with Crippen LogP contribution in [-0.4, -0.2) is 30.8 Å². The van der Waals surface area contributed by atoms with Gasteiger partial charge in [0.1, 0.15) is 5.75 Å². The predicted molar refractivity (Wildman–Crippen MR) is 96.5 cm³/mol. The molecule has 1 saturated heterocycles. The van der Waals surface area contributed by atoms with Gasteiger partial charge in [-0.05, 0) is 42.5 Å². The van der Waals surface area contributed by atoms with Crippen LogP contribution in [0.25, 0.3) is 0 Å². The Morgan fingerprint density at radius 2 is 1.92 bits per heavy atom. The maximum Gasteiger partial charge on any atom is 0.279 e. The van der Waals surface area contributed by atoms with E-state index in [4.69, 9.17) is 4.74 Å². The van der Waals surface area contributed by atoms with Crippen molar-refractivity contribution in [3.8, 4) is 11.6 Å². The van der Waals surface area contributed by atoms with Crippen molar-refractivity contribution in [2.45, 2.75) is 26.3 Å². The Morgan fingerprint density at radius 1 is 1.20 bits per heavy atom. The monoisotopic (exact) mass is 361 g/mol. The first-order valence-corrected chi connectivity index (χ1v) is 9.89. The summed E-state index contributed by atoms with van der Waals surface area (Å²) < 4.78 is 34.7. The predicted octanol–water partition coefficient (Wildman–Crippen LogP) is 2.94. The van der Waals surface area contributed by atoms with Crippen LogP contribution in [0.15, 0.2) is 48.7 Å². The van der Waals surface area contributed by atoms with Crippen molar-refractivity contribution in [1.82, 2.24) is 14.0 Å². The number of rotatable bonds is 6. The number of piperidine rings is 1. The molecule has 1 aliphatic heterocycles. The van der Waals surface area contributed by atoms with Crippen molar-refractivity contribution in [3.63, 3.8) is 0 Å². The lowest BCUT2D eigenvalue weighted by Crippen LogP contribution is -2.44. The molecule has 7 heteroatoms. The third-order valence-electron chi connectivity index (χ3n) is 4.31. The third-order valence-corrected chi connectivity index (χ3v) is 5.86. The molecular weight excluding hydrogens is 338 g/mol. The molecular formula is C18H23N3O3S. The fourth-order valence-electron chi connectivity index (χ4n) is 2.72. The Kier molecular flexibility index (Phi) is 5.67. The summed E-state index contributed by atoms with van der Waals surface area (Å²) in [6, 6.07) is 12.9. The van der Waals surface area contributed by atoms with Gasteiger partial charge in [-0.3, -0.25) is 0 Å². The van der Waals surface area contributed by atoms with Crippen molar-refractivity contribution >= 4 is 10.2 Å². The highest BCUT2D eigenvalue weighted by Crippen LogP contribution is 2.20. The Bertz CT molecular complexity index is 788. The second-order valence-corrected chi connectivity index (χ2v) is 8.08. The van der Waals surface area contributed by atoms with Gasteiger partial charge in [-0.25, -0.2) is 4.98 Å². The molecule has 2 heterocycles. The van der Waals surface area contributed by atoms with E-state index in [0.29, 0.717) is 30.6 Å². The van der Waals surface area contributed by atoms with E-state index in [2.05, 4.69) is 16.6 Å². The molecule has 3 rings (SSSR count). The molecule has 0 saturated carbocycles. The van der Waals surface area contributed by atoms with Crippen LogP contribution < -0.4 is 9.46 Å². The summed E-state index contributed by atoms with van der Waals surface area (Å²) in [5, 5.41) is 0. The number of hydrogen-bond donors (Lipinski definition) is 1. The first-order chi connectivity index (χ1) is 12.0. The molecule has 0 unspecified atom stereocenters. The van der Waals surface area contributed by atoms with Crippen LogP contribution in [0.1, 0.15) is 25.3 Å². The minimum Gasteiger partial charge on any atom is -0.439 e. The summed E-state index contributed by atoms with van der Waals surface area (Å²) in [7, 11) is -3.45. The van der Waals surface area contributed by atoms with Crippen molar-refractivity contribution in [1.29, 1.82) is 0 Å². The van der Waals surface area contributed by atoms with Gasteiger partial charge in [0, 0.05) is 31.9 Å². The van der Waals surface area contributed by atoms with E-state index in [1.165, 1.54) is 4.31 Å². The number of nitrogens with zero attached hydrogens (tertiary/aromatic N) is 2. The van der Waals surface area contributed by atoms with Crippen LogP contribution >= 0.6 is 0 Å². The van der Waals surface area contributed by atoms with Gasteiger partial charge in [-0.1, -0.05) is 25.1 Å². The molecule has 134 valence electrons. The summed E-state index contributed by atoms with van der Waals surface area (Å²) in [5.41, 5.74) is 0.801. The fraction of sp³-hybridized carbons (Fsp3) is 0.389. The summed E-state index contributed by atoms with van der Waals surface area (Å²) in [6.07, 6.45) is 3.43. The van der Waals surface area contributed by atoms with Crippen LogP contribution in [0.3, 0.4) is 0 Å². The minimum atomic E-state index is -3.45. The maximum atomic E-state index is 12.4. The number of para-hydroxylation sites is 1. The normalized spacial score (nSPS) is 16.7. The molecule has 0 bridgehead atoms. The van der Waals surface area contributed by atoms with Gasteiger partial charge in [0.05, 0.1) is 0 Å². The number of nitrogens with one attached hydrogen (secondary N) is 1.